The molecule has 0 rings (SSSR count). The lowest BCUT2D eigenvalue weighted by Crippen LogP contribution is -2.37. The first-order valence-electron chi connectivity index (χ1n) is 18.9. The number of carbonyl (C=O) groups is 2. The van der Waals surface area contributed by atoms with Gasteiger partial charge in [-0.25, -0.2) is 0 Å². The Kier molecular flexibility index (Phi) is 30.0. The normalized spacial score (nSPS) is 13.9. The molecule has 1 unspecified atom stereocenters. The summed E-state index contributed by atoms with van der Waals surface area (Å²) in [5, 5.41) is 0. The van der Waals surface area contributed by atoms with Crippen molar-refractivity contribution in [1.82, 2.24) is 0 Å². The zero-order chi connectivity index (χ0) is 35.1. The van der Waals surface area contributed by atoms with Gasteiger partial charge in [0.25, 0.3) is 7.82 Å². The zero-order valence-electron chi connectivity index (χ0n) is 31.0. The summed E-state index contributed by atoms with van der Waals surface area (Å²) in [6.45, 7) is 4.17. The van der Waals surface area contributed by atoms with Gasteiger partial charge in [0.2, 0.25) is 0 Å². The van der Waals surface area contributed by atoms with Crippen LogP contribution in [0.4, 0.5) is 0 Å². The molecule has 278 valence electrons. The van der Waals surface area contributed by atoms with Gasteiger partial charge in [-0.05, 0) is 38.5 Å². The molecule has 0 aliphatic heterocycles. The number of rotatable bonds is 34. The first-order chi connectivity index (χ1) is 22.5. The van der Waals surface area contributed by atoms with Crippen LogP contribution in [0.5, 0.6) is 0 Å². The van der Waals surface area contributed by atoms with Crippen molar-refractivity contribution in [3.8, 4) is 0 Å². The van der Waals surface area contributed by atoms with Gasteiger partial charge in [-0.2, -0.15) is 0 Å². The maximum atomic E-state index is 12.6. The lowest BCUT2D eigenvalue weighted by atomic mass is 10.1. The van der Waals surface area contributed by atoms with Gasteiger partial charge < -0.3 is 27.9 Å². The Hall–Kier alpha value is -1.25. The SMILES string of the molecule is CCCCCCCC/C=C/CCCCCC(=O)O[C@H](COC(=O)CCCCCCCCCCCC)COP(=O)([O-])OCC[N+](C)(C)C. The standard InChI is InChI=1S/C37H72NO8P/c1-6-8-10-12-14-16-18-19-20-22-24-26-28-30-37(40)46-35(34-45-47(41,42)44-32-31-38(3,4)5)33-43-36(39)29-27-25-23-21-17-15-13-11-9-7-2/h19-20,35H,6-18,21-34H2,1-5H3/b20-19+/t35-/m1/s1. The van der Waals surface area contributed by atoms with E-state index in [1.165, 1.54) is 83.5 Å². The summed E-state index contributed by atoms with van der Waals surface area (Å²) in [5.74, 6) is -0.852. The highest BCUT2D eigenvalue weighted by Gasteiger charge is 2.21. The second-order valence-corrected chi connectivity index (χ2v) is 15.4. The molecule has 0 aliphatic carbocycles. The van der Waals surface area contributed by atoms with Gasteiger partial charge in [0.1, 0.15) is 19.8 Å². The molecule has 0 aromatic rings. The minimum absolute atomic E-state index is 0.0309. The van der Waals surface area contributed by atoms with E-state index in [1.807, 2.05) is 21.1 Å². The Labute approximate surface area is 288 Å². The number of allylic oxidation sites excluding steroid dienone is 2. The van der Waals surface area contributed by atoms with Crippen LogP contribution in [0.25, 0.3) is 0 Å². The molecule has 47 heavy (non-hydrogen) atoms. The highest BCUT2D eigenvalue weighted by molar-refractivity contribution is 7.45. The van der Waals surface area contributed by atoms with Crippen molar-refractivity contribution < 1.29 is 42.1 Å². The summed E-state index contributed by atoms with van der Waals surface area (Å²) in [6.07, 6.45) is 28.1. The van der Waals surface area contributed by atoms with Crippen LogP contribution in [-0.2, 0) is 32.7 Å². The molecule has 10 heteroatoms. The fraction of sp³-hybridized carbons (Fsp3) is 0.892. The molecule has 0 aliphatic rings. The van der Waals surface area contributed by atoms with Gasteiger partial charge in [0.05, 0.1) is 27.7 Å². The minimum atomic E-state index is -4.61. The van der Waals surface area contributed by atoms with Crippen molar-refractivity contribution in [2.24, 2.45) is 0 Å². The van der Waals surface area contributed by atoms with Crippen molar-refractivity contribution >= 4 is 19.8 Å². The smallest absolute Gasteiger partial charge is 0.306 e. The number of ether oxygens (including phenoxy) is 2. The van der Waals surface area contributed by atoms with Gasteiger partial charge in [-0.3, -0.25) is 14.2 Å². The maximum absolute atomic E-state index is 12.6. The molecule has 2 atom stereocenters. The summed E-state index contributed by atoms with van der Waals surface area (Å²) < 4.78 is 33.7. The van der Waals surface area contributed by atoms with Gasteiger partial charge in [-0.15, -0.1) is 0 Å². The predicted molar refractivity (Wildman–Crippen MR) is 190 cm³/mol. The van der Waals surface area contributed by atoms with Crippen LogP contribution in [0.1, 0.15) is 162 Å². The van der Waals surface area contributed by atoms with Crippen molar-refractivity contribution in [2.45, 2.75) is 168 Å². The number of phosphoric acid groups is 1. The lowest BCUT2D eigenvalue weighted by molar-refractivity contribution is -0.870. The molecule has 0 fully saturated rings. The second kappa shape index (κ2) is 30.8. The topological polar surface area (TPSA) is 111 Å². The zero-order valence-corrected chi connectivity index (χ0v) is 31.9. The fourth-order valence-corrected chi connectivity index (χ4v) is 5.73. The van der Waals surface area contributed by atoms with Crippen molar-refractivity contribution in [2.75, 3.05) is 47.5 Å². The number of likely N-dealkylation sites (N-methyl/N-ethyl adjacent to an activating group) is 1. The Balaban J connectivity index is 4.47. The van der Waals surface area contributed by atoms with Gasteiger partial charge in [0.15, 0.2) is 6.10 Å². The van der Waals surface area contributed by atoms with Crippen molar-refractivity contribution in [3.63, 3.8) is 0 Å². The summed E-state index contributed by atoms with van der Waals surface area (Å²) in [7, 11) is 1.16. The van der Waals surface area contributed by atoms with Crippen molar-refractivity contribution in [1.29, 1.82) is 0 Å². The lowest BCUT2D eigenvalue weighted by Gasteiger charge is -2.28. The van der Waals surface area contributed by atoms with E-state index in [0.717, 1.165) is 44.9 Å². The quantitative estimate of drug-likeness (QED) is 0.0216. The van der Waals surface area contributed by atoms with Gasteiger partial charge in [0, 0.05) is 12.8 Å². The third-order valence-corrected chi connectivity index (χ3v) is 9.00. The molecule has 0 saturated heterocycles. The number of nitrogens with zero attached hydrogens (tertiary/aromatic N) is 1. The molecule has 0 aromatic carbocycles. The first kappa shape index (κ1) is 45.8. The van der Waals surface area contributed by atoms with E-state index >= 15 is 0 Å². The van der Waals surface area contributed by atoms with Gasteiger partial charge >= 0.3 is 11.9 Å². The highest BCUT2D eigenvalue weighted by Crippen LogP contribution is 2.38. The predicted octanol–water partition coefficient (Wildman–Crippen LogP) is 9.22. The summed E-state index contributed by atoms with van der Waals surface area (Å²) in [4.78, 5) is 37.2. The van der Waals surface area contributed by atoms with Crippen LogP contribution < -0.4 is 4.89 Å². The molecule has 0 amide bonds. The van der Waals surface area contributed by atoms with E-state index in [2.05, 4.69) is 26.0 Å². The molecule has 0 spiro atoms. The Bertz CT molecular complexity index is 830. The number of phosphoric ester groups is 1. The molecular formula is C37H72NO8P. The summed E-state index contributed by atoms with van der Waals surface area (Å²) in [5.41, 5.74) is 0. The molecule has 0 heterocycles. The Morgan fingerprint density at radius 3 is 1.60 bits per heavy atom. The molecule has 9 nitrogen and oxygen atoms in total. The van der Waals surface area contributed by atoms with Crippen LogP contribution in [-0.4, -0.2) is 70.0 Å². The van der Waals surface area contributed by atoms with Gasteiger partial charge in [-0.1, -0.05) is 122 Å². The fourth-order valence-electron chi connectivity index (χ4n) is 5.00. The third kappa shape index (κ3) is 34.4. The van der Waals surface area contributed by atoms with Crippen LogP contribution in [0.2, 0.25) is 0 Å². The number of esters is 2. The van der Waals surface area contributed by atoms with Crippen LogP contribution in [0.15, 0.2) is 12.2 Å². The summed E-state index contributed by atoms with van der Waals surface area (Å²) in [6, 6.07) is 0. The van der Waals surface area contributed by atoms with E-state index in [1.54, 1.807) is 0 Å². The molecule has 0 aromatic heterocycles. The van der Waals surface area contributed by atoms with E-state index in [9.17, 15) is 19.0 Å². The largest absolute Gasteiger partial charge is 0.756 e. The number of hydrogen-bond acceptors (Lipinski definition) is 8. The van der Waals surface area contributed by atoms with Crippen LogP contribution >= 0.6 is 7.82 Å². The molecule has 0 saturated carbocycles. The van der Waals surface area contributed by atoms with E-state index in [4.69, 9.17) is 18.5 Å². The monoisotopic (exact) mass is 689 g/mol. The second-order valence-electron chi connectivity index (χ2n) is 13.9. The minimum Gasteiger partial charge on any atom is -0.756 e. The first-order valence-corrected chi connectivity index (χ1v) is 20.4. The number of carbonyl (C=O) groups excluding carboxylic acids is 2. The molecule has 0 bridgehead atoms. The van der Waals surface area contributed by atoms with Crippen LogP contribution in [0, 0.1) is 0 Å². The number of quaternary nitrogens is 1. The molecule has 0 N–H and O–H groups in total. The van der Waals surface area contributed by atoms with Crippen molar-refractivity contribution in [3.05, 3.63) is 12.2 Å². The third-order valence-electron chi connectivity index (χ3n) is 8.04. The molecule has 0 radical (unpaired) electrons. The number of hydrogen-bond donors (Lipinski definition) is 0. The van der Waals surface area contributed by atoms with E-state index in [-0.39, 0.29) is 32.0 Å². The maximum Gasteiger partial charge on any atom is 0.306 e. The summed E-state index contributed by atoms with van der Waals surface area (Å²) >= 11 is 0. The van der Waals surface area contributed by atoms with E-state index < -0.39 is 26.5 Å². The van der Waals surface area contributed by atoms with E-state index in [0.29, 0.717) is 17.4 Å². The highest BCUT2D eigenvalue weighted by atomic mass is 31.2. The average molecular weight is 690 g/mol. The molecular weight excluding hydrogens is 617 g/mol. The average Bonchev–Trinajstić information content (AvgIpc) is 3.01. The Morgan fingerprint density at radius 2 is 1.09 bits per heavy atom. The number of unbranched alkanes of at least 4 members (excludes halogenated alkanes) is 18. The Morgan fingerprint density at radius 1 is 0.638 bits per heavy atom. The van der Waals surface area contributed by atoms with Crippen LogP contribution in [0.3, 0.4) is 0 Å².